The van der Waals surface area contributed by atoms with Crippen molar-refractivity contribution >= 4 is 5.91 Å². The molecule has 0 saturated heterocycles. The first kappa shape index (κ1) is 15.3. The molecule has 1 atom stereocenters. The van der Waals surface area contributed by atoms with Crippen molar-refractivity contribution in [3.05, 3.63) is 23.3 Å². The van der Waals surface area contributed by atoms with E-state index in [0.717, 1.165) is 11.1 Å². The van der Waals surface area contributed by atoms with E-state index < -0.39 is 6.04 Å². The summed E-state index contributed by atoms with van der Waals surface area (Å²) < 4.78 is 10.5. The average Bonchev–Trinajstić information content (AvgIpc) is 2.39. The Labute approximate surface area is 114 Å². The number of aryl methyl sites for hydroxylation is 1. The molecule has 0 unspecified atom stereocenters. The third-order valence-corrected chi connectivity index (χ3v) is 3.02. The zero-order valence-corrected chi connectivity index (χ0v) is 12.2. The first-order chi connectivity index (χ1) is 8.90. The molecule has 0 saturated carbocycles. The van der Waals surface area contributed by atoms with E-state index in [1.807, 2.05) is 19.1 Å². The van der Waals surface area contributed by atoms with Gasteiger partial charge in [0.1, 0.15) is 0 Å². The molecule has 0 aliphatic carbocycles. The van der Waals surface area contributed by atoms with E-state index in [9.17, 15) is 4.79 Å². The Morgan fingerprint density at radius 3 is 2.32 bits per heavy atom. The highest BCUT2D eigenvalue weighted by Gasteiger charge is 2.16. The zero-order valence-electron chi connectivity index (χ0n) is 12.2. The molecule has 0 aliphatic heterocycles. The van der Waals surface area contributed by atoms with Crippen LogP contribution in [0.1, 0.15) is 18.1 Å². The molecule has 5 heteroatoms. The smallest absolute Gasteiger partial charge is 0.239 e. The molecule has 0 aliphatic rings. The lowest BCUT2D eigenvalue weighted by Crippen LogP contribution is -2.39. The van der Waals surface area contributed by atoms with Crippen LogP contribution in [0.3, 0.4) is 0 Å². The van der Waals surface area contributed by atoms with Crippen LogP contribution in [0.5, 0.6) is 11.5 Å². The maximum Gasteiger partial charge on any atom is 0.239 e. The highest BCUT2D eigenvalue weighted by atomic mass is 16.5. The quantitative estimate of drug-likeness (QED) is 0.873. The number of carbonyl (C=O) groups excluding carboxylic acids is 1. The van der Waals surface area contributed by atoms with Crippen LogP contribution in [0.25, 0.3) is 0 Å². The van der Waals surface area contributed by atoms with Gasteiger partial charge < -0.3 is 20.1 Å². The lowest BCUT2D eigenvalue weighted by atomic mass is 10.1. The van der Waals surface area contributed by atoms with Gasteiger partial charge in [-0.25, -0.2) is 0 Å². The summed E-state index contributed by atoms with van der Waals surface area (Å²) in [6, 6.07) is 3.29. The van der Waals surface area contributed by atoms with Crippen molar-refractivity contribution < 1.29 is 14.3 Å². The van der Waals surface area contributed by atoms with E-state index in [0.29, 0.717) is 18.0 Å². The van der Waals surface area contributed by atoms with Crippen LogP contribution < -0.4 is 15.2 Å². The lowest BCUT2D eigenvalue weighted by molar-refractivity contribution is -0.131. The fraction of sp³-hybridized carbons (Fsp3) is 0.500. The van der Waals surface area contributed by atoms with Crippen LogP contribution in [-0.4, -0.2) is 38.1 Å². The summed E-state index contributed by atoms with van der Waals surface area (Å²) in [5, 5.41) is 0. The van der Waals surface area contributed by atoms with Crippen molar-refractivity contribution in [3.8, 4) is 11.5 Å². The number of amides is 1. The van der Waals surface area contributed by atoms with Crippen LogP contribution in [0.2, 0.25) is 0 Å². The molecule has 0 bridgehead atoms. The topological polar surface area (TPSA) is 64.8 Å². The summed E-state index contributed by atoms with van der Waals surface area (Å²) >= 11 is 0. The van der Waals surface area contributed by atoms with E-state index in [2.05, 4.69) is 0 Å². The Balaban J connectivity index is 2.98. The van der Waals surface area contributed by atoms with E-state index in [1.54, 1.807) is 33.1 Å². The number of rotatable bonds is 5. The number of nitrogens with zero attached hydrogens (tertiary/aromatic N) is 1. The Hall–Kier alpha value is -1.75. The SMILES string of the molecule is COc1cc(C)c(CN(C)C(=O)[C@@H](C)N)cc1OC. The van der Waals surface area contributed by atoms with Crippen LogP contribution >= 0.6 is 0 Å². The third-order valence-electron chi connectivity index (χ3n) is 3.02. The van der Waals surface area contributed by atoms with Gasteiger partial charge in [0, 0.05) is 13.6 Å². The standard InChI is InChI=1S/C14H22N2O3/c1-9-6-12(18-4)13(19-5)7-11(9)8-16(3)14(17)10(2)15/h6-7,10H,8,15H2,1-5H3/t10-/m1/s1. The van der Waals surface area contributed by atoms with Gasteiger partial charge in [-0.2, -0.15) is 0 Å². The molecular weight excluding hydrogens is 244 g/mol. The van der Waals surface area contributed by atoms with E-state index in [-0.39, 0.29) is 5.91 Å². The number of ether oxygens (including phenoxy) is 2. The second-order valence-electron chi connectivity index (χ2n) is 4.62. The highest BCUT2D eigenvalue weighted by molar-refractivity contribution is 5.80. The molecule has 2 N–H and O–H groups in total. The van der Waals surface area contributed by atoms with Gasteiger partial charge in [-0.15, -0.1) is 0 Å². The number of nitrogens with two attached hydrogens (primary N) is 1. The number of methoxy groups -OCH3 is 2. The van der Waals surface area contributed by atoms with Crippen LogP contribution in [0, 0.1) is 6.92 Å². The largest absolute Gasteiger partial charge is 0.493 e. The third kappa shape index (κ3) is 3.61. The summed E-state index contributed by atoms with van der Waals surface area (Å²) in [5.41, 5.74) is 7.65. The predicted octanol–water partition coefficient (Wildman–Crippen LogP) is 1.32. The number of likely N-dealkylation sites (N-methyl/N-ethyl adjacent to an activating group) is 1. The molecule has 0 aromatic heterocycles. The second-order valence-corrected chi connectivity index (χ2v) is 4.62. The Morgan fingerprint density at radius 2 is 1.84 bits per heavy atom. The van der Waals surface area contributed by atoms with Gasteiger partial charge >= 0.3 is 0 Å². The first-order valence-corrected chi connectivity index (χ1v) is 6.12. The van der Waals surface area contributed by atoms with Crippen LogP contribution in [-0.2, 0) is 11.3 Å². The highest BCUT2D eigenvalue weighted by Crippen LogP contribution is 2.30. The van der Waals surface area contributed by atoms with E-state index in [1.165, 1.54) is 0 Å². The molecule has 1 rings (SSSR count). The van der Waals surface area contributed by atoms with E-state index >= 15 is 0 Å². The lowest BCUT2D eigenvalue weighted by Gasteiger charge is -2.21. The van der Waals surface area contributed by atoms with Gasteiger partial charge in [-0.3, -0.25) is 4.79 Å². The number of hydrogen-bond acceptors (Lipinski definition) is 4. The van der Waals surface area contributed by atoms with Gasteiger partial charge in [0.05, 0.1) is 20.3 Å². The van der Waals surface area contributed by atoms with Gasteiger partial charge in [0.25, 0.3) is 0 Å². The molecule has 19 heavy (non-hydrogen) atoms. The van der Waals surface area contributed by atoms with E-state index in [4.69, 9.17) is 15.2 Å². The first-order valence-electron chi connectivity index (χ1n) is 6.12. The zero-order chi connectivity index (χ0) is 14.6. The summed E-state index contributed by atoms with van der Waals surface area (Å²) in [6.45, 7) is 4.15. The molecule has 1 amide bonds. The van der Waals surface area contributed by atoms with Crippen molar-refractivity contribution in [3.63, 3.8) is 0 Å². The fourth-order valence-corrected chi connectivity index (χ4v) is 1.87. The summed E-state index contributed by atoms with van der Waals surface area (Å²) in [5.74, 6) is 1.25. The number of carbonyl (C=O) groups is 1. The Morgan fingerprint density at radius 1 is 1.32 bits per heavy atom. The molecule has 1 aromatic rings. The number of hydrogen-bond donors (Lipinski definition) is 1. The summed E-state index contributed by atoms with van der Waals surface area (Å²) in [7, 11) is 4.93. The van der Waals surface area contributed by atoms with Gasteiger partial charge in [-0.1, -0.05) is 0 Å². The maximum absolute atomic E-state index is 11.8. The molecule has 0 heterocycles. The fourth-order valence-electron chi connectivity index (χ4n) is 1.87. The van der Waals surface area contributed by atoms with Crippen molar-refractivity contribution in [1.29, 1.82) is 0 Å². The second kappa shape index (κ2) is 6.43. The molecule has 0 fully saturated rings. The van der Waals surface area contributed by atoms with Crippen molar-refractivity contribution in [1.82, 2.24) is 4.90 Å². The maximum atomic E-state index is 11.8. The normalized spacial score (nSPS) is 11.9. The minimum Gasteiger partial charge on any atom is -0.493 e. The molecule has 5 nitrogen and oxygen atoms in total. The molecule has 106 valence electrons. The van der Waals surface area contributed by atoms with Crippen molar-refractivity contribution in [2.24, 2.45) is 5.73 Å². The monoisotopic (exact) mass is 266 g/mol. The molecule has 1 aromatic carbocycles. The number of benzene rings is 1. The Kier molecular flexibility index (Phi) is 5.18. The molecule has 0 spiro atoms. The van der Waals surface area contributed by atoms with Gasteiger partial charge in [0.2, 0.25) is 5.91 Å². The minimum absolute atomic E-state index is 0.0887. The predicted molar refractivity (Wildman–Crippen MR) is 74.4 cm³/mol. The summed E-state index contributed by atoms with van der Waals surface area (Å²) in [4.78, 5) is 13.4. The average molecular weight is 266 g/mol. The van der Waals surface area contributed by atoms with Gasteiger partial charge in [-0.05, 0) is 37.1 Å². The molecule has 0 radical (unpaired) electrons. The Bertz CT molecular complexity index is 458. The minimum atomic E-state index is -0.495. The molecular formula is C14H22N2O3. The van der Waals surface area contributed by atoms with Crippen molar-refractivity contribution in [2.75, 3.05) is 21.3 Å². The van der Waals surface area contributed by atoms with Crippen molar-refractivity contribution in [2.45, 2.75) is 26.4 Å². The van der Waals surface area contributed by atoms with Gasteiger partial charge in [0.15, 0.2) is 11.5 Å². The van der Waals surface area contributed by atoms with Crippen LogP contribution in [0.4, 0.5) is 0 Å². The van der Waals surface area contributed by atoms with Crippen LogP contribution in [0.15, 0.2) is 12.1 Å². The summed E-state index contributed by atoms with van der Waals surface area (Å²) in [6.07, 6.45) is 0.